The van der Waals surface area contributed by atoms with E-state index in [-0.39, 0.29) is 10.8 Å². The van der Waals surface area contributed by atoms with Gasteiger partial charge in [0.1, 0.15) is 11.5 Å². The van der Waals surface area contributed by atoms with Crippen LogP contribution >= 0.6 is 46.4 Å². The number of carbonyl (C=O) groups is 1. The predicted octanol–water partition coefficient (Wildman–Crippen LogP) is 5.67. The van der Waals surface area contributed by atoms with Crippen LogP contribution in [0.4, 0.5) is 0 Å². The molecular formula is C15H10Cl4O3. The van der Waals surface area contributed by atoms with Crippen LogP contribution in [0.1, 0.15) is 6.92 Å². The highest BCUT2D eigenvalue weighted by molar-refractivity contribution is 6.36. The topological polar surface area (TPSA) is 35.5 Å². The molecule has 22 heavy (non-hydrogen) atoms. The summed E-state index contributed by atoms with van der Waals surface area (Å²) in [7, 11) is 0. The first-order valence-electron chi connectivity index (χ1n) is 6.15. The fourth-order valence-corrected chi connectivity index (χ4v) is 2.46. The van der Waals surface area contributed by atoms with Gasteiger partial charge in [-0.3, -0.25) is 0 Å². The van der Waals surface area contributed by atoms with Crippen molar-refractivity contribution in [2.75, 3.05) is 0 Å². The van der Waals surface area contributed by atoms with Gasteiger partial charge in [0, 0.05) is 10.0 Å². The standard InChI is InChI=1S/C15H10Cl4O3/c1-8(21-13-4-2-9(16)6-11(13)18)15(20)22-14-5-3-10(17)7-12(14)19/h2-8H,1H3/t8-/m0/s1. The molecule has 0 amide bonds. The Morgan fingerprint density at radius 3 is 1.91 bits per heavy atom. The normalized spacial score (nSPS) is 11.9. The van der Waals surface area contributed by atoms with Crippen molar-refractivity contribution >= 4 is 52.4 Å². The predicted molar refractivity (Wildman–Crippen MR) is 88.6 cm³/mol. The third kappa shape index (κ3) is 4.43. The number of carbonyl (C=O) groups excluding carboxylic acids is 1. The zero-order valence-electron chi connectivity index (χ0n) is 11.3. The van der Waals surface area contributed by atoms with Gasteiger partial charge in [-0.25, -0.2) is 4.79 Å². The van der Waals surface area contributed by atoms with Gasteiger partial charge in [-0.2, -0.15) is 0 Å². The minimum Gasteiger partial charge on any atom is -0.477 e. The highest BCUT2D eigenvalue weighted by atomic mass is 35.5. The van der Waals surface area contributed by atoms with Crippen molar-refractivity contribution in [3.63, 3.8) is 0 Å². The zero-order valence-corrected chi connectivity index (χ0v) is 14.3. The molecule has 2 rings (SSSR count). The number of rotatable bonds is 4. The summed E-state index contributed by atoms with van der Waals surface area (Å²) in [5.74, 6) is -0.0818. The molecule has 1 atom stereocenters. The molecule has 0 N–H and O–H groups in total. The summed E-state index contributed by atoms with van der Waals surface area (Å²) < 4.78 is 10.6. The zero-order chi connectivity index (χ0) is 16.3. The van der Waals surface area contributed by atoms with Crippen LogP contribution in [0.2, 0.25) is 20.1 Å². The maximum atomic E-state index is 12.0. The molecule has 0 bridgehead atoms. The molecule has 3 nitrogen and oxygen atoms in total. The van der Waals surface area contributed by atoms with Crippen LogP contribution in [0.5, 0.6) is 11.5 Å². The lowest BCUT2D eigenvalue weighted by molar-refractivity contribution is -0.141. The number of benzene rings is 2. The Hall–Kier alpha value is -1.13. The molecule has 7 heteroatoms. The van der Waals surface area contributed by atoms with Crippen LogP contribution in [-0.4, -0.2) is 12.1 Å². The fraction of sp³-hybridized carbons (Fsp3) is 0.133. The van der Waals surface area contributed by atoms with Crippen LogP contribution in [0, 0.1) is 0 Å². The number of halogens is 4. The number of esters is 1. The Labute approximate surface area is 147 Å². The van der Waals surface area contributed by atoms with Gasteiger partial charge in [-0.05, 0) is 43.3 Å². The quantitative estimate of drug-likeness (QED) is 0.506. The van der Waals surface area contributed by atoms with Gasteiger partial charge in [0.15, 0.2) is 6.10 Å². The molecule has 116 valence electrons. The molecule has 0 unspecified atom stereocenters. The van der Waals surface area contributed by atoms with E-state index in [1.54, 1.807) is 18.2 Å². The van der Waals surface area contributed by atoms with Crippen molar-refractivity contribution in [1.82, 2.24) is 0 Å². The van der Waals surface area contributed by atoms with E-state index in [1.807, 2.05) is 0 Å². The second kappa shape index (κ2) is 7.42. The maximum Gasteiger partial charge on any atom is 0.352 e. The third-order valence-electron chi connectivity index (χ3n) is 2.63. The van der Waals surface area contributed by atoms with E-state index in [0.29, 0.717) is 20.8 Å². The second-order valence-electron chi connectivity index (χ2n) is 4.33. The molecule has 0 aromatic heterocycles. The Balaban J connectivity index is 2.05. The fourth-order valence-electron chi connectivity index (χ4n) is 1.56. The summed E-state index contributed by atoms with van der Waals surface area (Å²) in [6.07, 6.45) is -0.884. The smallest absolute Gasteiger partial charge is 0.352 e. The summed E-state index contributed by atoms with van der Waals surface area (Å²) in [4.78, 5) is 12.0. The number of hydrogen-bond donors (Lipinski definition) is 0. The minimum absolute atomic E-state index is 0.203. The summed E-state index contributed by atoms with van der Waals surface area (Å²) in [5.41, 5.74) is 0. The monoisotopic (exact) mass is 378 g/mol. The van der Waals surface area contributed by atoms with Crippen molar-refractivity contribution in [2.24, 2.45) is 0 Å². The average molecular weight is 380 g/mol. The van der Waals surface area contributed by atoms with Crippen LogP contribution in [0.25, 0.3) is 0 Å². The molecule has 2 aromatic carbocycles. The summed E-state index contributed by atoms with van der Waals surface area (Å²) in [6.45, 7) is 1.54. The van der Waals surface area contributed by atoms with Gasteiger partial charge in [-0.15, -0.1) is 0 Å². The van der Waals surface area contributed by atoms with E-state index < -0.39 is 12.1 Å². The van der Waals surface area contributed by atoms with Crippen LogP contribution in [0.3, 0.4) is 0 Å². The Morgan fingerprint density at radius 1 is 0.909 bits per heavy atom. The molecule has 0 radical (unpaired) electrons. The van der Waals surface area contributed by atoms with Gasteiger partial charge in [0.05, 0.1) is 10.0 Å². The lowest BCUT2D eigenvalue weighted by atomic mass is 10.3. The van der Waals surface area contributed by atoms with Gasteiger partial charge >= 0.3 is 5.97 Å². The first-order chi connectivity index (χ1) is 10.4. The number of hydrogen-bond acceptors (Lipinski definition) is 3. The molecule has 0 aliphatic rings. The molecule has 0 aliphatic carbocycles. The van der Waals surface area contributed by atoms with E-state index in [2.05, 4.69) is 0 Å². The van der Waals surface area contributed by atoms with Crippen molar-refractivity contribution in [3.8, 4) is 11.5 Å². The molecular weight excluding hydrogens is 370 g/mol. The SMILES string of the molecule is C[C@H](Oc1ccc(Cl)cc1Cl)C(=O)Oc1ccc(Cl)cc1Cl. The first kappa shape index (κ1) is 17.2. The van der Waals surface area contributed by atoms with Gasteiger partial charge in [0.25, 0.3) is 0 Å². The van der Waals surface area contributed by atoms with Crippen LogP contribution in [0.15, 0.2) is 36.4 Å². The van der Waals surface area contributed by atoms with Crippen molar-refractivity contribution in [3.05, 3.63) is 56.5 Å². The van der Waals surface area contributed by atoms with Crippen LogP contribution in [-0.2, 0) is 4.79 Å². The molecule has 0 fully saturated rings. The molecule has 0 heterocycles. The van der Waals surface area contributed by atoms with Gasteiger partial charge in [-0.1, -0.05) is 46.4 Å². The molecule has 0 spiro atoms. The molecule has 0 saturated heterocycles. The van der Waals surface area contributed by atoms with Crippen molar-refractivity contribution in [1.29, 1.82) is 0 Å². The minimum atomic E-state index is -0.884. The molecule has 0 aliphatic heterocycles. The van der Waals surface area contributed by atoms with Gasteiger partial charge < -0.3 is 9.47 Å². The van der Waals surface area contributed by atoms with E-state index in [0.717, 1.165) is 0 Å². The number of ether oxygens (including phenoxy) is 2. The van der Waals surface area contributed by atoms with Gasteiger partial charge in [0.2, 0.25) is 0 Å². The second-order valence-corrected chi connectivity index (χ2v) is 6.02. The summed E-state index contributed by atoms with van der Waals surface area (Å²) in [5, 5.41) is 1.46. The van der Waals surface area contributed by atoms with Crippen LogP contribution < -0.4 is 9.47 Å². The summed E-state index contributed by atoms with van der Waals surface area (Å²) >= 11 is 23.5. The Bertz CT molecular complexity index is 703. The molecule has 2 aromatic rings. The first-order valence-corrected chi connectivity index (χ1v) is 7.66. The maximum absolute atomic E-state index is 12.0. The highest BCUT2D eigenvalue weighted by Crippen LogP contribution is 2.30. The average Bonchev–Trinajstić information content (AvgIpc) is 2.44. The highest BCUT2D eigenvalue weighted by Gasteiger charge is 2.19. The molecule has 0 saturated carbocycles. The van der Waals surface area contributed by atoms with E-state index in [9.17, 15) is 4.79 Å². The lowest BCUT2D eigenvalue weighted by Gasteiger charge is -2.15. The third-order valence-corrected chi connectivity index (χ3v) is 3.70. The van der Waals surface area contributed by atoms with E-state index >= 15 is 0 Å². The van der Waals surface area contributed by atoms with E-state index in [4.69, 9.17) is 55.9 Å². The van der Waals surface area contributed by atoms with Crippen molar-refractivity contribution in [2.45, 2.75) is 13.0 Å². The Morgan fingerprint density at radius 2 is 1.41 bits per heavy atom. The lowest BCUT2D eigenvalue weighted by Crippen LogP contribution is -2.28. The largest absolute Gasteiger partial charge is 0.477 e. The van der Waals surface area contributed by atoms with Crippen molar-refractivity contribution < 1.29 is 14.3 Å². The van der Waals surface area contributed by atoms with E-state index in [1.165, 1.54) is 25.1 Å². The Kier molecular flexibility index (Phi) is 5.81. The summed E-state index contributed by atoms with van der Waals surface area (Å²) in [6, 6.07) is 9.25.